The van der Waals surface area contributed by atoms with Crippen LogP contribution in [0.2, 0.25) is 0 Å². The number of nitrogens with one attached hydrogen (secondary N) is 2. The van der Waals surface area contributed by atoms with Crippen LogP contribution in [0.1, 0.15) is 27.6 Å². The molecular formula is C23H22BrN3O2. The van der Waals surface area contributed by atoms with Gasteiger partial charge in [-0.1, -0.05) is 30.3 Å². The summed E-state index contributed by atoms with van der Waals surface area (Å²) in [6.45, 7) is 0.459. The van der Waals surface area contributed by atoms with Crippen molar-refractivity contribution >= 4 is 38.4 Å². The molecule has 2 N–H and O–H groups in total. The molecule has 4 aromatic rings. The monoisotopic (exact) mass is 451 g/mol. The first-order valence-electron chi connectivity index (χ1n) is 9.40. The SMILES string of the molecule is CN(C)c1ccc(C(CNC(=O)c2ccc(Br)o2)c2c[nH]c3ccccc23)cc1. The predicted molar refractivity (Wildman–Crippen MR) is 120 cm³/mol. The summed E-state index contributed by atoms with van der Waals surface area (Å²) in [5.41, 5.74) is 4.51. The van der Waals surface area contributed by atoms with Crippen LogP contribution in [0.4, 0.5) is 5.69 Å². The smallest absolute Gasteiger partial charge is 0.287 e. The lowest BCUT2D eigenvalue weighted by molar-refractivity contribution is 0.0923. The highest BCUT2D eigenvalue weighted by molar-refractivity contribution is 9.10. The van der Waals surface area contributed by atoms with Crippen molar-refractivity contribution in [1.82, 2.24) is 10.3 Å². The predicted octanol–water partition coefficient (Wildman–Crippen LogP) is 5.15. The second kappa shape index (κ2) is 8.17. The molecule has 0 bridgehead atoms. The van der Waals surface area contributed by atoms with Crippen LogP contribution in [0.3, 0.4) is 0 Å². The second-order valence-electron chi connectivity index (χ2n) is 7.14. The number of anilines is 1. The Hall–Kier alpha value is -2.99. The summed E-state index contributed by atoms with van der Waals surface area (Å²) in [6, 6.07) is 20.0. The summed E-state index contributed by atoms with van der Waals surface area (Å²) in [5.74, 6) is 0.0627. The lowest BCUT2D eigenvalue weighted by atomic mass is 9.90. The number of amides is 1. The van der Waals surface area contributed by atoms with Crippen LogP contribution in [0.5, 0.6) is 0 Å². The minimum absolute atomic E-state index is 0.00437. The fraction of sp³-hybridized carbons (Fsp3) is 0.174. The van der Waals surface area contributed by atoms with Gasteiger partial charge in [0.05, 0.1) is 0 Å². The van der Waals surface area contributed by atoms with Gasteiger partial charge in [0.25, 0.3) is 5.91 Å². The number of aromatic nitrogens is 1. The molecule has 2 aromatic heterocycles. The van der Waals surface area contributed by atoms with E-state index in [1.54, 1.807) is 12.1 Å². The summed E-state index contributed by atoms with van der Waals surface area (Å²) < 4.78 is 5.92. The summed E-state index contributed by atoms with van der Waals surface area (Å²) in [7, 11) is 4.04. The van der Waals surface area contributed by atoms with Gasteiger partial charge in [-0.05, 0) is 57.4 Å². The summed E-state index contributed by atoms with van der Waals surface area (Å²) in [5, 5.41) is 4.18. The van der Waals surface area contributed by atoms with Crippen molar-refractivity contribution in [3.05, 3.63) is 88.4 Å². The number of fused-ring (bicyclic) bond motifs is 1. The molecule has 1 unspecified atom stereocenters. The lowest BCUT2D eigenvalue weighted by Gasteiger charge is -2.19. The average molecular weight is 452 g/mol. The molecule has 6 heteroatoms. The largest absolute Gasteiger partial charge is 0.444 e. The van der Waals surface area contributed by atoms with Crippen molar-refractivity contribution in [2.24, 2.45) is 0 Å². The van der Waals surface area contributed by atoms with Crippen molar-refractivity contribution in [2.75, 3.05) is 25.5 Å². The van der Waals surface area contributed by atoms with E-state index in [9.17, 15) is 4.79 Å². The van der Waals surface area contributed by atoms with Crippen LogP contribution in [0.25, 0.3) is 10.9 Å². The molecule has 29 heavy (non-hydrogen) atoms. The number of para-hydroxylation sites is 1. The Bertz CT molecular complexity index is 1130. The number of hydrogen-bond donors (Lipinski definition) is 2. The van der Waals surface area contributed by atoms with Gasteiger partial charge in [-0.2, -0.15) is 0 Å². The maximum absolute atomic E-state index is 12.5. The molecule has 1 amide bonds. The van der Waals surface area contributed by atoms with Crippen LogP contribution in [0, 0.1) is 0 Å². The summed E-state index contributed by atoms with van der Waals surface area (Å²) >= 11 is 3.24. The lowest BCUT2D eigenvalue weighted by Crippen LogP contribution is -2.28. The van der Waals surface area contributed by atoms with E-state index in [-0.39, 0.29) is 17.6 Å². The highest BCUT2D eigenvalue weighted by Gasteiger charge is 2.20. The Morgan fingerprint density at radius 1 is 1.10 bits per heavy atom. The fourth-order valence-electron chi connectivity index (χ4n) is 3.51. The molecule has 148 valence electrons. The Labute approximate surface area is 177 Å². The minimum Gasteiger partial charge on any atom is -0.444 e. The normalized spacial score (nSPS) is 12.1. The van der Waals surface area contributed by atoms with Gasteiger partial charge in [-0.3, -0.25) is 4.79 Å². The van der Waals surface area contributed by atoms with E-state index in [4.69, 9.17) is 4.42 Å². The maximum Gasteiger partial charge on any atom is 0.287 e. The van der Waals surface area contributed by atoms with Gasteiger partial charge in [0.1, 0.15) is 0 Å². The number of furan rings is 1. The Morgan fingerprint density at radius 3 is 2.55 bits per heavy atom. The topological polar surface area (TPSA) is 61.3 Å². The van der Waals surface area contributed by atoms with Gasteiger partial charge in [-0.15, -0.1) is 0 Å². The number of carbonyl (C=O) groups is 1. The van der Waals surface area contributed by atoms with E-state index in [1.807, 2.05) is 32.4 Å². The van der Waals surface area contributed by atoms with Gasteiger partial charge < -0.3 is 19.6 Å². The number of hydrogen-bond acceptors (Lipinski definition) is 3. The van der Waals surface area contributed by atoms with Gasteiger partial charge in [0.15, 0.2) is 10.4 Å². The van der Waals surface area contributed by atoms with E-state index in [0.29, 0.717) is 11.2 Å². The van der Waals surface area contributed by atoms with Crippen LogP contribution in [-0.2, 0) is 0 Å². The number of halogens is 1. The van der Waals surface area contributed by atoms with Gasteiger partial charge >= 0.3 is 0 Å². The number of benzene rings is 2. The first-order chi connectivity index (χ1) is 14.0. The van der Waals surface area contributed by atoms with E-state index in [2.05, 4.69) is 67.5 Å². The first-order valence-corrected chi connectivity index (χ1v) is 10.2. The zero-order valence-corrected chi connectivity index (χ0v) is 17.9. The quantitative estimate of drug-likeness (QED) is 0.425. The molecule has 2 heterocycles. The maximum atomic E-state index is 12.5. The third kappa shape index (κ3) is 4.07. The number of nitrogens with zero attached hydrogens (tertiary/aromatic N) is 1. The molecular weight excluding hydrogens is 430 g/mol. The van der Waals surface area contributed by atoms with Crippen molar-refractivity contribution in [3.63, 3.8) is 0 Å². The van der Waals surface area contributed by atoms with E-state index in [1.165, 1.54) is 0 Å². The highest BCUT2D eigenvalue weighted by Crippen LogP contribution is 2.31. The van der Waals surface area contributed by atoms with Crippen LogP contribution in [0.15, 0.2) is 75.9 Å². The van der Waals surface area contributed by atoms with Gasteiger partial charge in [0, 0.05) is 49.3 Å². The molecule has 1 atom stereocenters. The third-order valence-electron chi connectivity index (χ3n) is 5.07. The van der Waals surface area contributed by atoms with Gasteiger partial charge in [-0.25, -0.2) is 0 Å². The molecule has 0 radical (unpaired) electrons. The van der Waals surface area contributed by atoms with E-state index < -0.39 is 0 Å². The molecule has 5 nitrogen and oxygen atoms in total. The zero-order chi connectivity index (χ0) is 20.4. The number of aromatic amines is 1. The number of rotatable bonds is 6. The Balaban J connectivity index is 1.66. The standard InChI is InChI=1S/C23H22BrN3O2/c1-27(2)16-9-7-15(8-10-16)18(13-26-23(28)21-11-12-22(24)29-21)19-14-25-20-6-4-3-5-17(19)20/h3-12,14,18,25H,13H2,1-2H3,(H,26,28). The van der Waals surface area contributed by atoms with E-state index >= 15 is 0 Å². The second-order valence-corrected chi connectivity index (χ2v) is 7.92. The fourth-order valence-corrected chi connectivity index (χ4v) is 3.82. The molecule has 4 rings (SSSR count). The summed E-state index contributed by atoms with van der Waals surface area (Å²) in [6.07, 6.45) is 2.03. The Kier molecular flexibility index (Phi) is 5.45. The molecule has 0 saturated heterocycles. The zero-order valence-electron chi connectivity index (χ0n) is 16.3. The van der Waals surface area contributed by atoms with Crippen molar-refractivity contribution in [3.8, 4) is 0 Å². The van der Waals surface area contributed by atoms with Crippen LogP contribution >= 0.6 is 15.9 Å². The molecule has 2 aromatic carbocycles. The molecule has 0 aliphatic carbocycles. The average Bonchev–Trinajstić information content (AvgIpc) is 3.35. The molecule has 0 aliphatic heterocycles. The Morgan fingerprint density at radius 2 is 1.86 bits per heavy atom. The highest BCUT2D eigenvalue weighted by atomic mass is 79.9. The first kappa shape index (κ1) is 19.3. The van der Waals surface area contributed by atoms with Gasteiger partial charge in [0.2, 0.25) is 0 Å². The molecule has 0 aliphatic rings. The van der Waals surface area contributed by atoms with Crippen molar-refractivity contribution < 1.29 is 9.21 Å². The van der Waals surface area contributed by atoms with Crippen LogP contribution in [-0.4, -0.2) is 31.5 Å². The number of carbonyl (C=O) groups excluding carboxylic acids is 1. The molecule has 0 saturated carbocycles. The van der Waals surface area contributed by atoms with Crippen LogP contribution < -0.4 is 10.2 Å². The third-order valence-corrected chi connectivity index (χ3v) is 5.50. The van der Waals surface area contributed by atoms with Crippen molar-refractivity contribution in [1.29, 1.82) is 0 Å². The van der Waals surface area contributed by atoms with Crippen molar-refractivity contribution in [2.45, 2.75) is 5.92 Å². The molecule has 0 fully saturated rings. The molecule has 0 spiro atoms. The number of H-pyrrole nitrogens is 1. The summed E-state index contributed by atoms with van der Waals surface area (Å²) in [4.78, 5) is 17.9. The van der Waals surface area contributed by atoms with E-state index in [0.717, 1.165) is 27.7 Å². The minimum atomic E-state index is -0.231.